The lowest BCUT2D eigenvalue weighted by atomic mass is 10.2. The molecule has 8 heteroatoms. The first-order chi connectivity index (χ1) is 11.6. The van der Waals surface area contributed by atoms with Crippen LogP contribution in [0.15, 0.2) is 41.5 Å². The number of rotatable bonds is 6. The Bertz CT molecular complexity index is 696. The van der Waals surface area contributed by atoms with E-state index < -0.39 is 5.82 Å². The predicted octanol–water partition coefficient (Wildman–Crippen LogP) is 4.44. The van der Waals surface area contributed by atoms with E-state index in [1.165, 1.54) is 6.07 Å². The second kappa shape index (κ2) is 11.5. The fourth-order valence-corrected chi connectivity index (χ4v) is 2.34. The Balaban J connectivity index is 0.00000312. The first-order valence-corrected chi connectivity index (χ1v) is 8.40. The molecule has 0 spiro atoms. The fraction of sp³-hybridized carbons (Fsp3) is 0.294. The highest BCUT2D eigenvalue weighted by molar-refractivity contribution is 14.0. The van der Waals surface area contributed by atoms with Gasteiger partial charge in [-0.15, -0.1) is 24.0 Å². The minimum atomic E-state index is -0.425. The molecule has 1 heterocycles. The lowest BCUT2D eigenvalue weighted by molar-refractivity contribution is 0.627. The first kappa shape index (κ1) is 21.9. The summed E-state index contributed by atoms with van der Waals surface area (Å²) in [5.74, 6) is 0.269. The Morgan fingerprint density at radius 1 is 1.16 bits per heavy atom. The maximum atomic E-state index is 13.2. The van der Waals surface area contributed by atoms with Crippen LogP contribution in [0.5, 0.6) is 0 Å². The summed E-state index contributed by atoms with van der Waals surface area (Å²) < 4.78 is 13.2. The minimum absolute atomic E-state index is 0. The number of halogens is 4. The molecule has 0 aliphatic heterocycles. The number of nitrogens with one attached hydrogen (secondary N) is 2. The summed E-state index contributed by atoms with van der Waals surface area (Å²) >= 11 is 11.6. The third-order valence-corrected chi connectivity index (χ3v) is 3.76. The van der Waals surface area contributed by atoms with Crippen molar-refractivity contribution < 1.29 is 4.39 Å². The summed E-state index contributed by atoms with van der Waals surface area (Å²) in [6, 6.07) is 8.33. The Hall–Kier alpha value is -1.12. The van der Waals surface area contributed by atoms with Crippen molar-refractivity contribution in [3.63, 3.8) is 0 Å². The molecule has 2 aromatic rings. The molecule has 136 valence electrons. The highest BCUT2D eigenvalue weighted by Gasteiger charge is 2.02. The molecule has 0 radical (unpaired) electrons. The van der Waals surface area contributed by atoms with Crippen molar-refractivity contribution in [3.8, 4) is 0 Å². The van der Waals surface area contributed by atoms with E-state index in [0.29, 0.717) is 24.2 Å². The van der Waals surface area contributed by atoms with E-state index in [4.69, 9.17) is 23.2 Å². The van der Waals surface area contributed by atoms with Crippen molar-refractivity contribution in [1.82, 2.24) is 15.6 Å². The zero-order valence-corrected chi connectivity index (χ0v) is 17.6. The zero-order valence-electron chi connectivity index (χ0n) is 13.7. The number of hydrogen-bond acceptors (Lipinski definition) is 2. The first-order valence-electron chi connectivity index (χ1n) is 7.65. The number of nitrogens with zero attached hydrogens (tertiary/aromatic N) is 2. The third-order valence-electron chi connectivity index (χ3n) is 3.24. The van der Waals surface area contributed by atoms with Gasteiger partial charge < -0.3 is 10.6 Å². The van der Waals surface area contributed by atoms with Gasteiger partial charge in [-0.25, -0.2) is 14.4 Å². The molecule has 0 unspecified atom stereocenters. The van der Waals surface area contributed by atoms with Crippen LogP contribution >= 0.6 is 47.2 Å². The van der Waals surface area contributed by atoms with Crippen molar-refractivity contribution in [2.24, 2.45) is 4.99 Å². The SMILES string of the molecule is CCNC(=NCc1ccc(F)c(Cl)c1)NCCc1ccc(Cl)nc1.I. The standard InChI is InChI=1S/C17H19Cl2FN4.HI/c1-2-21-17(22-8-7-12-4-6-16(19)23-10-12)24-11-13-3-5-15(20)14(18)9-13;/h3-6,9-10H,2,7-8,11H2,1H3,(H2,21,22,24);1H. The third kappa shape index (κ3) is 7.75. The van der Waals surface area contributed by atoms with Crippen LogP contribution in [0.25, 0.3) is 0 Å². The minimum Gasteiger partial charge on any atom is -0.357 e. The van der Waals surface area contributed by atoms with E-state index in [2.05, 4.69) is 20.6 Å². The molecule has 2 rings (SSSR count). The smallest absolute Gasteiger partial charge is 0.191 e. The molecule has 0 saturated heterocycles. The predicted molar refractivity (Wildman–Crippen MR) is 113 cm³/mol. The number of aliphatic imine (C=N–C) groups is 1. The molecule has 0 fully saturated rings. The maximum Gasteiger partial charge on any atom is 0.191 e. The van der Waals surface area contributed by atoms with E-state index >= 15 is 0 Å². The van der Waals surface area contributed by atoms with Gasteiger partial charge in [0.2, 0.25) is 0 Å². The van der Waals surface area contributed by atoms with Gasteiger partial charge in [-0.1, -0.05) is 35.3 Å². The zero-order chi connectivity index (χ0) is 17.4. The molecular weight excluding hydrogens is 477 g/mol. The summed E-state index contributed by atoms with van der Waals surface area (Å²) in [6.07, 6.45) is 2.56. The van der Waals surface area contributed by atoms with Crippen LogP contribution in [0.4, 0.5) is 4.39 Å². The normalized spacial score (nSPS) is 11.0. The van der Waals surface area contributed by atoms with Crippen molar-refractivity contribution in [3.05, 3.63) is 63.6 Å². The topological polar surface area (TPSA) is 49.3 Å². The van der Waals surface area contributed by atoms with Crippen molar-refractivity contribution in [2.75, 3.05) is 13.1 Å². The lowest BCUT2D eigenvalue weighted by Gasteiger charge is -2.11. The highest BCUT2D eigenvalue weighted by atomic mass is 127. The van der Waals surface area contributed by atoms with Gasteiger partial charge in [0, 0.05) is 19.3 Å². The molecule has 25 heavy (non-hydrogen) atoms. The molecule has 0 aliphatic rings. The van der Waals surface area contributed by atoms with E-state index in [-0.39, 0.29) is 29.0 Å². The molecule has 0 bridgehead atoms. The molecule has 0 atom stereocenters. The molecule has 1 aromatic heterocycles. The van der Waals surface area contributed by atoms with E-state index in [0.717, 1.165) is 24.1 Å². The van der Waals surface area contributed by atoms with Gasteiger partial charge in [-0.05, 0) is 42.7 Å². The summed E-state index contributed by atoms with van der Waals surface area (Å²) in [6.45, 7) is 3.87. The van der Waals surface area contributed by atoms with Gasteiger partial charge in [0.25, 0.3) is 0 Å². The highest BCUT2D eigenvalue weighted by Crippen LogP contribution is 2.16. The number of hydrogen-bond donors (Lipinski definition) is 2. The van der Waals surface area contributed by atoms with Crippen LogP contribution in [0.3, 0.4) is 0 Å². The van der Waals surface area contributed by atoms with Crippen LogP contribution in [0.2, 0.25) is 10.2 Å². The van der Waals surface area contributed by atoms with Crippen LogP contribution in [0.1, 0.15) is 18.1 Å². The Labute approximate surface area is 174 Å². The monoisotopic (exact) mass is 496 g/mol. The van der Waals surface area contributed by atoms with Gasteiger partial charge in [-0.3, -0.25) is 0 Å². The molecule has 0 aliphatic carbocycles. The quantitative estimate of drug-likeness (QED) is 0.269. The average molecular weight is 497 g/mol. The Morgan fingerprint density at radius 3 is 2.56 bits per heavy atom. The van der Waals surface area contributed by atoms with Crippen LogP contribution < -0.4 is 10.6 Å². The molecule has 2 N–H and O–H groups in total. The summed E-state index contributed by atoms with van der Waals surface area (Å²) in [4.78, 5) is 8.53. The van der Waals surface area contributed by atoms with Crippen molar-refractivity contribution in [1.29, 1.82) is 0 Å². The van der Waals surface area contributed by atoms with Gasteiger partial charge >= 0.3 is 0 Å². The number of guanidine groups is 1. The lowest BCUT2D eigenvalue weighted by Crippen LogP contribution is -2.38. The van der Waals surface area contributed by atoms with Gasteiger partial charge in [0.1, 0.15) is 11.0 Å². The van der Waals surface area contributed by atoms with Crippen LogP contribution in [-0.2, 0) is 13.0 Å². The largest absolute Gasteiger partial charge is 0.357 e. The number of aromatic nitrogens is 1. The average Bonchev–Trinajstić information content (AvgIpc) is 2.57. The van der Waals surface area contributed by atoms with E-state index in [1.807, 2.05) is 13.0 Å². The van der Waals surface area contributed by atoms with E-state index in [1.54, 1.807) is 24.4 Å². The van der Waals surface area contributed by atoms with Crippen LogP contribution in [0, 0.1) is 5.82 Å². The van der Waals surface area contributed by atoms with Gasteiger partial charge in [0.15, 0.2) is 5.96 Å². The second-order valence-corrected chi connectivity index (χ2v) is 5.90. The summed E-state index contributed by atoms with van der Waals surface area (Å²) in [7, 11) is 0. The number of pyridine rings is 1. The van der Waals surface area contributed by atoms with E-state index in [9.17, 15) is 4.39 Å². The fourth-order valence-electron chi connectivity index (χ4n) is 2.03. The van der Waals surface area contributed by atoms with Gasteiger partial charge in [-0.2, -0.15) is 0 Å². The van der Waals surface area contributed by atoms with Crippen molar-refractivity contribution in [2.45, 2.75) is 19.9 Å². The second-order valence-electron chi connectivity index (χ2n) is 5.11. The van der Waals surface area contributed by atoms with Crippen LogP contribution in [-0.4, -0.2) is 24.0 Å². The molecule has 0 amide bonds. The number of benzene rings is 1. The molecule has 1 aromatic carbocycles. The molecular formula is C17H20Cl2FIN4. The van der Waals surface area contributed by atoms with Crippen molar-refractivity contribution >= 4 is 53.1 Å². The maximum absolute atomic E-state index is 13.2. The summed E-state index contributed by atoms with van der Waals surface area (Å²) in [5, 5.41) is 7.01. The Kier molecular flexibility index (Phi) is 10.1. The molecule has 0 saturated carbocycles. The Morgan fingerprint density at radius 2 is 1.92 bits per heavy atom. The molecule has 4 nitrogen and oxygen atoms in total. The van der Waals surface area contributed by atoms with Gasteiger partial charge in [0.05, 0.1) is 11.6 Å². The summed E-state index contributed by atoms with van der Waals surface area (Å²) in [5.41, 5.74) is 1.94.